The standard InChI is InChI=1S/C23H24N2O2/c1-4-25(22(26)19-11-7-17(2)8-12-19)23(20-13-9-18(3)10-14-20)27-21-6-5-15-24-16-21/h5-16,23H,4H2,1-3H3. The van der Waals surface area contributed by atoms with Crippen molar-refractivity contribution in [1.82, 2.24) is 9.88 Å². The summed E-state index contributed by atoms with van der Waals surface area (Å²) in [6.07, 6.45) is 2.82. The van der Waals surface area contributed by atoms with Gasteiger partial charge in [-0.05, 0) is 45.0 Å². The van der Waals surface area contributed by atoms with Gasteiger partial charge in [0.25, 0.3) is 5.91 Å². The third-order valence-corrected chi connectivity index (χ3v) is 4.43. The van der Waals surface area contributed by atoms with Gasteiger partial charge in [0.15, 0.2) is 0 Å². The number of aromatic nitrogens is 1. The van der Waals surface area contributed by atoms with Gasteiger partial charge in [0.2, 0.25) is 6.23 Å². The summed E-state index contributed by atoms with van der Waals surface area (Å²) in [6.45, 7) is 6.52. The molecule has 0 aliphatic rings. The first-order chi connectivity index (χ1) is 13.1. The van der Waals surface area contributed by atoms with E-state index in [2.05, 4.69) is 4.98 Å². The largest absolute Gasteiger partial charge is 0.465 e. The van der Waals surface area contributed by atoms with Gasteiger partial charge >= 0.3 is 0 Å². The van der Waals surface area contributed by atoms with Crippen LogP contribution in [0.1, 0.15) is 40.2 Å². The molecule has 0 bridgehead atoms. The molecule has 0 radical (unpaired) electrons. The molecule has 3 rings (SSSR count). The Morgan fingerprint density at radius 2 is 1.63 bits per heavy atom. The monoisotopic (exact) mass is 360 g/mol. The maximum Gasteiger partial charge on any atom is 0.256 e. The second-order valence-electron chi connectivity index (χ2n) is 6.53. The molecule has 27 heavy (non-hydrogen) atoms. The van der Waals surface area contributed by atoms with Crippen LogP contribution in [-0.4, -0.2) is 22.3 Å². The predicted molar refractivity (Wildman–Crippen MR) is 107 cm³/mol. The summed E-state index contributed by atoms with van der Waals surface area (Å²) in [5, 5.41) is 0. The van der Waals surface area contributed by atoms with E-state index in [4.69, 9.17) is 4.74 Å². The minimum absolute atomic E-state index is 0.0630. The number of benzene rings is 2. The van der Waals surface area contributed by atoms with Crippen molar-refractivity contribution >= 4 is 5.91 Å². The van der Waals surface area contributed by atoms with Crippen LogP contribution in [-0.2, 0) is 0 Å². The summed E-state index contributed by atoms with van der Waals surface area (Å²) in [5.41, 5.74) is 3.85. The summed E-state index contributed by atoms with van der Waals surface area (Å²) < 4.78 is 6.20. The lowest BCUT2D eigenvalue weighted by Gasteiger charge is -2.31. The second kappa shape index (κ2) is 8.49. The molecule has 1 atom stereocenters. The Balaban J connectivity index is 1.96. The first-order valence-corrected chi connectivity index (χ1v) is 9.09. The van der Waals surface area contributed by atoms with E-state index in [1.54, 1.807) is 17.3 Å². The van der Waals surface area contributed by atoms with Gasteiger partial charge in [0.05, 0.1) is 6.20 Å². The first kappa shape index (κ1) is 18.6. The summed E-state index contributed by atoms with van der Waals surface area (Å²) in [6, 6.07) is 19.3. The van der Waals surface area contributed by atoms with Crippen molar-refractivity contribution in [3.63, 3.8) is 0 Å². The Kier molecular flexibility index (Phi) is 5.87. The molecule has 0 N–H and O–H groups in total. The van der Waals surface area contributed by atoms with E-state index in [-0.39, 0.29) is 5.91 Å². The number of nitrogens with zero attached hydrogens (tertiary/aromatic N) is 2. The maximum absolute atomic E-state index is 13.2. The van der Waals surface area contributed by atoms with Gasteiger partial charge in [-0.3, -0.25) is 14.7 Å². The van der Waals surface area contributed by atoms with Crippen LogP contribution >= 0.6 is 0 Å². The van der Waals surface area contributed by atoms with E-state index in [0.29, 0.717) is 17.9 Å². The molecule has 3 aromatic rings. The summed E-state index contributed by atoms with van der Waals surface area (Å²) in [4.78, 5) is 19.0. The van der Waals surface area contributed by atoms with E-state index in [9.17, 15) is 4.79 Å². The van der Waals surface area contributed by atoms with Crippen molar-refractivity contribution in [2.75, 3.05) is 6.54 Å². The van der Waals surface area contributed by atoms with Crippen molar-refractivity contribution in [2.45, 2.75) is 27.0 Å². The van der Waals surface area contributed by atoms with Crippen LogP contribution < -0.4 is 4.74 Å². The topological polar surface area (TPSA) is 42.4 Å². The number of ether oxygens (including phenoxy) is 1. The van der Waals surface area contributed by atoms with Gasteiger partial charge in [-0.1, -0.05) is 47.5 Å². The fraction of sp³-hybridized carbons (Fsp3) is 0.217. The van der Waals surface area contributed by atoms with Crippen molar-refractivity contribution in [3.8, 4) is 5.75 Å². The average molecular weight is 360 g/mol. The van der Waals surface area contributed by atoms with E-state index < -0.39 is 6.23 Å². The maximum atomic E-state index is 13.2. The second-order valence-corrected chi connectivity index (χ2v) is 6.53. The fourth-order valence-electron chi connectivity index (χ4n) is 2.87. The van der Waals surface area contributed by atoms with Crippen LogP contribution in [0.3, 0.4) is 0 Å². The highest BCUT2D eigenvalue weighted by Crippen LogP contribution is 2.27. The molecule has 138 valence electrons. The van der Waals surface area contributed by atoms with E-state index in [0.717, 1.165) is 16.7 Å². The summed E-state index contributed by atoms with van der Waals surface area (Å²) in [5.74, 6) is 0.560. The first-order valence-electron chi connectivity index (χ1n) is 9.09. The molecule has 4 nitrogen and oxygen atoms in total. The van der Waals surface area contributed by atoms with Gasteiger partial charge in [0.1, 0.15) is 5.75 Å². The quantitative estimate of drug-likeness (QED) is 0.585. The molecule has 0 saturated heterocycles. The van der Waals surface area contributed by atoms with Crippen LogP contribution in [0.4, 0.5) is 0 Å². The average Bonchev–Trinajstić information content (AvgIpc) is 2.69. The molecule has 4 heteroatoms. The van der Waals surface area contributed by atoms with Gasteiger partial charge in [-0.15, -0.1) is 0 Å². The smallest absolute Gasteiger partial charge is 0.256 e. The number of hydrogen-bond acceptors (Lipinski definition) is 3. The third kappa shape index (κ3) is 4.53. The van der Waals surface area contributed by atoms with Crippen LogP contribution in [0.2, 0.25) is 0 Å². The number of aryl methyl sites for hydroxylation is 2. The van der Waals surface area contributed by atoms with E-state index in [1.165, 1.54) is 0 Å². The van der Waals surface area contributed by atoms with E-state index in [1.807, 2.05) is 81.4 Å². The highest BCUT2D eigenvalue weighted by molar-refractivity contribution is 5.94. The lowest BCUT2D eigenvalue weighted by molar-refractivity contribution is 0.0222. The van der Waals surface area contributed by atoms with Gasteiger partial charge in [0, 0.05) is 23.9 Å². The van der Waals surface area contributed by atoms with E-state index >= 15 is 0 Å². The SMILES string of the molecule is CCN(C(=O)c1ccc(C)cc1)C(Oc1cccnc1)c1ccc(C)cc1. The Hall–Kier alpha value is -3.14. The molecular formula is C23H24N2O2. The lowest BCUT2D eigenvalue weighted by atomic mass is 10.1. The highest BCUT2D eigenvalue weighted by atomic mass is 16.5. The number of rotatable bonds is 6. The van der Waals surface area contributed by atoms with Crippen LogP contribution in [0, 0.1) is 13.8 Å². The van der Waals surface area contributed by atoms with Crippen molar-refractivity contribution in [2.24, 2.45) is 0 Å². The Morgan fingerprint density at radius 3 is 2.19 bits per heavy atom. The molecule has 0 aliphatic carbocycles. The number of hydrogen-bond donors (Lipinski definition) is 0. The molecule has 1 unspecified atom stereocenters. The number of carbonyl (C=O) groups excluding carboxylic acids is 1. The zero-order chi connectivity index (χ0) is 19.2. The molecular weight excluding hydrogens is 336 g/mol. The Labute approximate surface area is 160 Å². The zero-order valence-corrected chi connectivity index (χ0v) is 15.9. The fourth-order valence-corrected chi connectivity index (χ4v) is 2.87. The zero-order valence-electron chi connectivity index (χ0n) is 15.9. The normalized spacial score (nSPS) is 11.7. The summed E-state index contributed by atoms with van der Waals surface area (Å²) >= 11 is 0. The van der Waals surface area contributed by atoms with Gasteiger partial charge in [-0.2, -0.15) is 0 Å². The number of pyridine rings is 1. The molecule has 1 heterocycles. The highest BCUT2D eigenvalue weighted by Gasteiger charge is 2.26. The molecule has 0 spiro atoms. The summed E-state index contributed by atoms with van der Waals surface area (Å²) in [7, 11) is 0. The molecule has 0 fully saturated rings. The van der Waals surface area contributed by atoms with Crippen LogP contribution in [0.15, 0.2) is 73.1 Å². The predicted octanol–water partition coefficient (Wildman–Crippen LogP) is 4.94. The van der Waals surface area contributed by atoms with Crippen molar-refractivity contribution < 1.29 is 9.53 Å². The Bertz CT molecular complexity index is 875. The van der Waals surface area contributed by atoms with Crippen molar-refractivity contribution in [1.29, 1.82) is 0 Å². The molecule has 0 aliphatic heterocycles. The number of carbonyl (C=O) groups is 1. The van der Waals surface area contributed by atoms with Crippen LogP contribution in [0.25, 0.3) is 0 Å². The van der Waals surface area contributed by atoms with Gasteiger partial charge in [-0.25, -0.2) is 0 Å². The molecule has 1 amide bonds. The third-order valence-electron chi connectivity index (χ3n) is 4.43. The van der Waals surface area contributed by atoms with Crippen molar-refractivity contribution in [3.05, 3.63) is 95.3 Å². The Morgan fingerprint density at radius 1 is 1.00 bits per heavy atom. The lowest BCUT2D eigenvalue weighted by Crippen LogP contribution is -2.37. The minimum atomic E-state index is -0.534. The number of amides is 1. The molecule has 1 aromatic heterocycles. The molecule has 0 saturated carbocycles. The minimum Gasteiger partial charge on any atom is -0.465 e. The van der Waals surface area contributed by atoms with Gasteiger partial charge < -0.3 is 4.74 Å². The van der Waals surface area contributed by atoms with Crippen LogP contribution in [0.5, 0.6) is 5.75 Å². The molecule has 2 aromatic carbocycles.